The molecule has 0 fully saturated rings. The van der Waals surface area contributed by atoms with Gasteiger partial charge in [-0.1, -0.05) is 24.3 Å². The van der Waals surface area contributed by atoms with Crippen LogP contribution in [-0.4, -0.2) is 20.8 Å². The zero-order valence-electron chi connectivity index (χ0n) is 8.73. The molecule has 1 aromatic rings. The summed E-state index contributed by atoms with van der Waals surface area (Å²) in [7, 11) is 1.58. The molecule has 0 bridgehead atoms. The van der Waals surface area contributed by atoms with Crippen LogP contribution >= 0.6 is 10.7 Å². The van der Waals surface area contributed by atoms with Crippen molar-refractivity contribution >= 4 is 19.7 Å². The number of rotatable bonds is 6. The van der Waals surface area contributed by atoms with E-state index in [-0.39, 0.29) is 12.4 Å². The normalized spacial score (nSPS) is 11.1. The van der Waals surface area contributed by atoms with E-state index in [1.807, 2.05) is 18.2 Å². The summed E-state index contributed by atoms with van der Waals surface area (Å²) >= 11 is 0. The molecule has 1 rings (SSSR count). The summed E-state index contributed by atoms with van der Waals surface area (Å²) in [6.45, 7) is 3.70. The molecular weight excluding hydrogens is 248 g/mol. The SMILES string of the molecule is C=CCc1ccccc1OCCS(=O)(=O)Cl. The molecule has 88 valence electrons. The van der Waals surface area contributed by atoms with Crippen molar-refractivity contribution < 1.29 is 13.2 Å². The third-order valence-electron chi connectivity index (χ3n) is 1.92. The van der Waals surface area contributed by atoms with Gasteiger partial charge in [-0.3, -0.25) is 0 Å². The maximum atomic E-state index is 10.7. The van der Waals surface area contributed by atoms with Gasteiger partial charge in [-0.05, 0) is 18.1 Å². The Bertz CT molecular complexity index is 454. The first-order valence-corrected chi connectivity index (χ1v) is 7.24. The summed E-state index contributed by atoms with van der Waals surface area (Å²) in [4.78, 5) is 0. The molecule has 16 heavy (non-hydrogen) atoms. The maximum absolute atomic E-state index is 10.7. The molecule has 0 saturated heterocycles. The molecule has 0 spiro atoms. The van der Waals surface area contributed by atoms with Crippen molar-refractivity contribution in [1.29, 1.82) is 0 Å². The highest BCUT2D eigenvalue weighted by Crippen LogP contribution is 2.18. The fourth-order valence-electron chi connectivity index (χ4n) is 1.22. The number of benzene rings is 1. The summed E-state index contributed by atoms with van der Waals surface area (Å²) in [6.07, 6.45) is 2.45. The van der Waals surface area contributed by atoms with Gasteiger partial charge in [0.05, 0.1) is 5.75 Å². The van der Waals surface area contributed by atoms with Crippen molar-refractivity contribution in [1.82, 2.24) is 0 Å². The summed E-state index contributed by atoms with van der Waals surface area (Å²) in [5.74, 6) is 0.472. The lowest BCUT2D eigenvalue weighted by atomic mass is 10.1. The highest BCUT2D eigenvalue weighted by Gasteiger charge is 2.06. The highest BCUT2D eigenvalue weighted by atomic mass is 35.7. The average Bonchev–Trinajstić information content (AvgIpc) is 2.19. The minimum Gasteiger partial charge on any atom is -0.492 e. The Morgan fingerprint density at radius 3 is 2.69 bits per heavy atom. The van der Waals surface area contributed by atoms with E-state index in [2.05, 4.69) is 6.58 Å². The minimum absolute atomic E-state index is 0.0555. The first-order valence-electron chi connectivity index (χ1n) is 4.77. The van der Waals surface area contributed by atoms with E-state index in [1.165, 1.54) is 0 Å². The third kappa shape index (κ3) is 4.68. The van der Waals surface area contributed by atoms with Crippen molar-refractivity contribution in [2.24, 2.45) is 0 Å². The standard InChI is InChI=1S/C11H13ClO3S/c1-2-5-10-6-3-4-7-11(10)15-8-9-16(12,13)14/h2-4,6-7H,1,5,8-9H2. The first kappa shape index (κ1) is 13.1. The second-order valence-corrected chi connectivity index (χ2v) is 6.09. The summed E-state index contributed by atoms with van der Waals surface area (Å²) in [5, 5.41) is 0. The number of hydrogen-bond donors (Lipinski definition) is 0. The van der Waals surface area contributed by atoms with Crippen LogP contribution < -0.4 is 4.74 Å². The smallest absolute Gasteiger partial charge is 0.235 e. The van der Waals surface area contributed by atoms with Gasteiger partial charge in [-0.2, -0.15) is 0 Å². The van der Waals surface area contributed by atoms with Gasteiger partial charge in [0.15, 0.2) is 0 Å². The quantitative estimate of drug-likeness (QED) is 0.583. The van der Waals surface area contributed by atoms with Gasteiger partial charge in [0.2, 0.25) is 9.05 Å². The Hall–Kier alpha value is -1.00. The van der Waals surface area contributed by atoms with E-state index < -0.39 is 9.05 Å². The van der Waals surface area contributed by atoms with Crippen LogP contribution in [-0.2, 0) is 15.5 Å². The molecule has 0 aliphatic heterocycles. The number of para-hydroxylation sites is 1. The van der Waals surface area contributed by atoms with Crippen LogP contribution in [0.3, 0.4) is 0 Å². The second-order valence-electron chi connectivity index (χ2n) is 3.19. The maximum Gasteiger partial charge on any atom is 0.235 e. The molecule has 0 unspecified atom stereocenters. The van der Waals surface area contributed by atoms with Crippen molar-refractivity contribution in [2.45, 2.75) is 6.42 Å². The molecule has 0 N–H and O–H groups in total. The zero-order valence-corrected chi connectivity index (χ0v) is 10.3. The third-order valence-corrected chi connectivity index (χ3v) is 3.04. The molecule has 0 aliphatic rings. The van der Waals surface area contributed by atoms with Gasteiger partial charge in [0.1, 0.15) is 12.4 Å². The number of halogens is 1. The lowest BCUT2D eigenvalue weighted by Gasteiger charge is -2.09. The molecule has 0 aromatic heterocycles. The van der Waals surface area contributed by atoms with E-state index in [0.717, 1.165) is 5.56 Å². The van der Waals surface area contributed by atoms with Crippen LogP contribution in [0.2, 0.25) is 0 Å². The van der Waals surface area contributed by atoms with Crippen molar-refractivity contribution in [3.05, 3.63) is 42.5 Å². The van der Waals surface area contributed by atoms with Crippen molar-refractivity contribution in [3.63, 3.8) is 0 Å². The molecule has 0 saturated carbocycles. The Balaban J connectivity index is 2.62. The predicted octanol–water partition coefficient (Wildman–Crippen LogP) is 2.36. The first-order chi connectivity index (χ1) is 7.53. The van der Waals surface area contributed by atoms with Crippen LogP contribution in [0.15, 0.2) is 36.9 Å². The number of ether oxygens (including phenoxy) is 1. The van der Waals surface area contributed by atoms with Crippen LogP contribution in [0.4, 0.5) is 0 Å². The van der Waals surface area contributed by atoms with E-state index in [1.54, 1.807) is 12.1 Å². The van der Waals surface area contributed by atoms with Gasteiger partial charge in [0, 0.05) is 10.7 Å². The van der Waals surface area contributed by atoms with Crippen molar-refractivity contribution in [2.75, 3.05) is 12.4 Å². The van der Waals surface area contributed by atoms with E-state index in [4.69, 9.17) is 15.4 Å². The summed E-state index contributed by atoms with van der Waals surface area (Å²) in [6, 6.07) is 7.42. The lowest BCUT2D eigenvalue weighted by Crippen LogP contribution is -2.09. The topological polar surface area (TPSA) is 43.4 Å². The Morgan fingerprint density at radius 1 is 1.38 bits per heavy atom. The molecule has 0 heterocycles. The van der Waals surface area contributed by atoms with Gasteiger partial charge < -0.3 is 4.74 Å². The average molecular weight is 261 g/mol. The fourth-order valence-corrected chi connectivity index (χ4v) is 1.69. The monoisotopic (exact) mass is 260 g/mol. The van der Waals surface area contributed by atoms with Gasteiger partial charge >= 0.3 is 0 Å². The summed E-state index contributed by atoms with van der Waals surface area (Å²) < 4.78 is 26.8. The van der Waals surface area contributed by atoms with E-state index in [9.17, 15) is 8.42 Å². The largest absolute Gasteiger partial charge is 0.492 e. The minimum atomic E-state index is -3.49. The van der Waals surface area contributed by atoms with Crippen LogP contribution in [0.25, 0.3) is 0 Å². The van der Waals surface area contributed by atoms with E-state index >= 15 is 0 Å². The van der Waals surface area contributed by atoms with Crippen LogP contribution in [0, 0.1) is 0 Å². The lowest BCUT2D eigenvalue weighted by molar-refractivity contribution is 0.338. The molecule has 3 nitrogen and oxygen atoms in total. The Labute approximate surface area is 100 Å². The van der Waals surface area contributed by atoms with Gasteiger partial charge in [-0.15, -0.1) is 6.58 Å². The fraction of sp³-hybridized carbons (Fsp3) is 0.273. The molecule has 0 atom stereocenters. The second kappa shape index (κ2) is 5.92. The summed E-state index contributed by atoms with van der Waals surface area (Å²) in [5.41, 5.74) is 0.976. The van der Waals surface area contributed by atoms with Crippen molar-refractivity contribution in [3.8, 4) is 5.75 Å². The Kier molecular flexibility index (Phi) is 4.83. The zero-order chi connectivity index (χ0) is 12.0. The van der Waals surface area contributed by atoms with E-state index in [0.29, 0.717) is 12.2 Å². The molecular formula is C11H13ClO3S. The molecule has 1 aromatic carbocycles. The molecule has 5 heteroatoms. The number of hydrogen-bond acceptors (Lipinski definition) is 3. The van der Waals surface area contributed by atoms with Crippen LogP contribution in [0.1, 0.15) is 5.56 Å². The predicted molar refractivity (Wildman–Crippen MR) is 65.5 cm³/mol. The van der Waals surface area contributed by atoms with Gasteiger partial charge in [-0.25, -0.2) is 8.42 Å². The van der Waals surface area contributed by atoms with Gasteiger partial charge in [0.25, 0.3) is 0 Å². The highest BCUT2D eigenvalue weighted by molar-refractivity contribution is 8.13. The molecule has 0 amide bonds. The molecule has 0 aliphatic carbocycles. The Morgan fingerprint density at radius 2 is 2.06 bits per heavy atom. The number of allylic oxidation sites excluding steroid dienone is 1. The van der Waals surface area contributed by atoms with Crippen LogP contribution in [0.5, 0.6) is 5.75 Å². The molecule has 0 radical (unpaired) electrons.